The lowest BCUT2D eigenvalue weighted by molar-refractivity contribution is -0.116. The van der Waals surface area contributed by atoms with Crippen molar-refractivity contribution in [3.05, 3.63) is 58.1 Å². The van der Waals surface area contributed by atoms with Crippen molar-refractivity contribution in [1.29, 1.82) is 0 Å². The molecule has 5 heteroatoms. The first-order valence-corrected chi connectivity index (χ1v) is 7.82. The summed E-state index contributed by atoms with van der Waals surface area (Å²) in [5.74, 6) is -0.150. The molecule has 0 saturated heterocycles. The van der Waals surface area contributed by atoms with Crippen molar-refractivity contribution in [1.82, 2.24) is 0 Å². The molecule has 2 aromatic rings. The number of carbonyl (C=O) groups is 2. The summed E-state index contributed by atoms with van der Waals surface area (Å²) in [6.45, 7) is 2.26. The van der Waals surface area contributed by atoms with Crippen LogP contribution in [-0.4, -0.2) is 18.4 Å². The molecule has 0 aromatic heterocycles. The molecule has 22 heavy (non-hydrogen) atoms. The van der Waals surface area contributed by atoms with Crippen LogP contribution in [0.4, 0.5) is 11.4 Å². The fourth-order valence-corrected chi connectivity index (χ4v) is 3.02. The van der Waals surface area contributed by atoms with Gasteiger partial charge in [-0.05, 0) is 42.3 Å². The van der Waals surface area contributed by atoms with E-state index in [1.165, 1.54) is 0 Å². The van der Waals surface area contributed by atoms with E-state index in [1.807, 2.05) is 30.3 Å². The minimum absolute atomic E-state index is 0.0224. The summed E-state index contributed by atoms with van der Waals surface area (Å²) in [7, 11) is 0. The van der Waals surface area contributed by atoms with E-state index in [9.17, 15) is 9.59 Å². The van der Waals surface area contributed by atoms with Crippen molar-refractivity contribution in [2.24, 2.45) is 0 Å². The summed E-state index contributed by atoms with van der Waals surface area (Å²) in [4.78, 5) is 25.6. The highest BCUT2D eigenvalue weighted by Gasteiger charge is 2.22. The van der Waals surface area contributed by atoms with Crippen LogP contribution in [0, 0.1) is 0 Å². The first-order valence-electron chi connectivity index (χ1n) is 7.02. The molecule has 112 valence electrons. The molecule has 0 fully saturated rings. The van der Waals surface area contributed by atoms with Crippen LogP contribution in [0.3, 0.4) is 0 Å². The minimum atomic E-state index is -0.173. The fourth-order valence-electron chi connectivity index (χ4n) is 2.62. The molecule has 0 saturated carbocycles. The maximum atomic E-state index is 12.3. The van der Waals surface area contributed by atoms with Crippen molar-refractivity contribution in [3.8, 4) is 0 Å². The number of nitrogens with zero attached hydrogens (tertiary/aromatic N) is 1. The Kier molecular flexibility index (Phi) is 3.98. The highest BCUT2D eigenvalue weighted by atomic mass is 79.9. The number of hydrogen-bond donors (Lipinski definition) is 1. The first kappa shape index (κ1) is 14.8. The van der Waals surface area contributed by atoms with Gasteiger partial charge in [0, 0.05) is 34.9 Å². The quantitative estimate of drug-likeness (QED) is 0.891. The predicted molar refractivity (Wildman–Crippen MR) is 90.3 cm³/mol. The molecule has 2 amide bonds. The minimum Gasteiger partial charge on any atom is -0.322 e. The smallest absolute Gasteiger partial charge is 0.255 e. The van der Waals surface area contributed by atoms with Crippen molar-refractivity contribution >= 4 is 39.1 Å². The van der Waals surface area contributed by atoms with Crippen molar-refractivity contribution in [3.63, 3.8) is 0 Å². The lowest BCUT2D eigenvalue weighted by Gasteiger charge is -2.16. The highest BCUT2D eigenvalue weighted by molar-refractivity contribution is 9.10. The van der Waals surface area contributed by atoms with Crippen LogP contribution in [0.1, 0.15) is 22.8 Å². The molecule has 0 aliphatic carbocycles. The normalized spacial score (nSPS) is 12.9. The molecule has 0 radical (unpaired) electrons. The fraction of sp³-hybridized carbons (Fsp3) is 0.176. The second kappa shape index (κ2) is 5.93. The summed E-state index contributed by atoms with van der Waals surface area (Å²) in [5.41, 5.74) is 3.30. The zero-order valence-electron chi connectivity index (χ0n) is 12.1. The Morgan fingerprint density at radius 2 is 2.00 bits per heavy atom. The van der Waals surface area contributed by atoms with Gasteiger partial charge in [0.15, 0.2) is 0 Å². The van der Waals surface area contributed by atoms with Gasteiger partial charge in [-0.1, -0.05) is 28.1 Å². The Labute approximate surface area is 137 Å². The van der Waals surface area contributed by atoms with Crippen molar-refractivity contribution in [2.75, 3.05) is 16.8 Å². The molecule has 0 atom stereocenters. The third kappa shape index (κ3) is 2.90. The van der Waals surface area contributed by atoms with Gasteiger partial charge in [-0.3, -0.25) is 9.59 Å². The van der Waals surface area contributed by atoms with Gasteiger partial charge in [-0.2, -0.15) is 0 Å². The Morgan fingerprint density at radius 1 is 1.18 bits per heavy atom. The number of carbonyl (C=O) groups excluding carboxylic acids is 2. The van der Waals surface area contributed by atoms with E-state index in [2.05, 4.69) is 21.2 Å². The van der Waals surface area contributed by atoms with E-state index in [1.54, 1.807) is 24.0 Å². The molecule has 1 aliphatic heterocycles. The van der Waals surface area contributed by atoms with Gasteiger partial charge in [0.2, 0.25) is 5.91 Å². The molecular weight excluding hydrogens is 344 g/mol. The summed E-state index contributed by atoms with van der Waals surface area (Å²) >= 11 is 3.36. The van der Waals surface area contributed by atoms with Crippen molar-refractivity contribution < 1.29 is 9.59 Å². The largest absolute Gasteiger partial charge is 0.322 e. The van der Waals surface area contributed by atoms with Crippen LogP contribution in [0.2, 0.25) is 0 Å². The molecule has 0 unspecified atom stereocenters. The van der Waals surface area contributed by atoms with Crippen LogP contribution in [0.25, 0.3) is 0 Å². The van der Waals surface area contributed by atoms with Crippen molar-refractivity contribution in [2.45, 2.75) is 13.3 Å². The van der Waals surface area contributed by atoms with E-state index in [-0.39, 0.29) is 11.8 Å². The van der Waals surface area contributed by atoms with Crippen LogP contribution in [-0.2, 0) is 11.2 Å². The van der Waals surface area contributed by atoms with Gasteiger partial charge in [-0.25, -0.2) is 0 Å². The van der Waals surface area contributed by atoms with E-state index in [0.29, 0.717) is 17.8 Å². The number of benzene rings is 2. The Hall–Kier alpha value is -2.14. The number of hydrogen-bond acceptors (Lipinski definition) is 2. The molecular formula is C17H15BrN2O2. The number of halogens is 1. The van der Waals surface area contributed by atoms with E-state index in [4.69, 9.17) is 0 Å². The van der Waals surface area contributed by atoms with Crippen LogP contribution in [0.5, 0.6) is 0 Å². The van der Waals surface area contributed by atoms with Crippen LogP contribution in [0.15, 0.2) is 46.9 Å². The average Bonchev–Trinajstić information content (AvgIpc) is 2.90. The maximum absolute atomic E-state index is 12.3. The number of nitrogens with one attached hydrogen (secondary N) is 1. The van der Waals surface area contributed by atoms with Gasteiger partial charge in [0.05, 0.1) is 0 Å². The average molecular weight is 359 g/mol. The topological polar surface area (TPSA) is 49.4 Å². The van der Waals surface area contributed by atoms with Gasteiger partial charge in [0.1, 0.15) is 0 Å². The van der Waals surface area contributed by atoms with E-state index < -0.39 is 0 Å². The number of amides is 2. The molecule has 0 spiro atoms. The maximum Gasteiger partial charge on any atom is 0.255 e. The lowest BCUT2D eigenvalue weighted by atomic mass is 10.1. The third-order valence-corrected chi connectivity index (χ3v) is 4.20. The van der Waals surface area contributed by atoms with E-state index >= 15 is 0 Å². The molecule has 4 nitrogen and oxygen atoms in total. The number of rotatable bonds is 2. The summed E-state index contributed by atoms with van der Waals surface area (Å²) in [5, 5.41) is 2.88. The zero-order valence-corrected chi connectivity index (χ0v) is 13.7. The molecule has 3 rings (SSSR count). The standard InChI is InChI=1S/C17H15BrN2O2/c1-11(21)20-8-7-12-5-6-15(10-16(12)20)19-17(22)13-3-2-4-14(18)9-13/h2-6,9-10H,7-8H2,1H3,(H,19,22). The lowest BCUT2D eigenvalue weighted by Crippen LogP contribution is -2.25. The summed E-state index contributed by atoms with van der Waals surface area (Å²) in [6, 6.07) is 12.9. The second-order valence-corrected chi connectivity index (χ2v) is 6.14. The van der Waals surface area contributed by atoms with Gasteiger partial charge in [0.25, 0.3) is 5.91 Å². The third-order valence-electron chi connectivity index (χ3n) is 3.71. The summed E-state index contributed by atoms with van der Waals surface area (Å²) in [6.07, 6.45) is 0.856. The second-order valence-electron chi connectivity index (χ2n) is 5.23. The van der Waals surface area contributed by atoms with Gasteiger partial charge in [-0.15, -0.1) is 0 Å². The van der Waals surface area contributed by atoms with Crippen LogP contribution < -0.4 is 10.2 Å². The zero-order chi connectivity index (χ0) is 15.7. The Bertz CT molecular complexity index is 758. The SMILES string of the molecule is CC(=O)N1CCc2ccc(NC(=O)c3cccc(Br)c3)cc21. The van der Waals surface area contributed by atoms with E-state index in [0.717, 1.165) is 22.1 Å². The summed E-state index contributed by atoms with van der Waals surface area (Å²) < 4.78 is 0.858. The predicted octanol–water partition coefficient (Wildman–Crippen LogP) is 3.61. The molecule has 1 N–H and O–H groups in total. The Morgan fingerprint density at radius 3 is 2.73 bits per heavy atom. The number of fused-ring (bicyclic) bond motifs is 1. The van der Waals surface area contributed by atoms with Crippen LogP contribution >= 0.6 is 15.9 Å². The van der Waals surface area contributed by atoms with Gasteiger partial charge < -0.3 is 10.2 Å². The monoisotopic (exact) mass is 358 g/mol. The first-order chi connectivity index (χ1) is 10.5. The Balaban J connectivity index is 1.83. The highest BCUT2D eigenvalue weighted by Crippen LogP contribution is 2.31. The molecule has 1 heterocycles. The molecule has 2 aromatic carbocycles. The number of anilines is 2. The molecule has 1 aliphatic rings. The molecule has 0 bridgehead atoms. The van der Waals surface area contributed by atoms with Gasteiger partial charge >= 0.3 is 0 Å².